The van der Waals surface area contributed by atoms with Gasteiger partial charge in [0.2, 0.25) is 21.8 Å². The lowest BCUT2D eigenvalue weighted by atomic mass is 10.3. The van der Waals surface area contributed by atoms with Crippen LogP contribution in [0.2, 0.25) is 5.02 Å². The fraction of sp³-hybridized carbons (Fsp3) is 0.467. The zero-order valence-electron chi connectivity index (χ0n) is 13.9. The average Bonchev–Trinajstić information content (AvgIpc) is 2.60. The molecule has 2 N–H and O–H groups in total. The van der Waals surface area contributed by atoms with Crippen molar-refractivity contribution in [2.75, 3.05) is 46.3 Å². The quantitative estimate of drug-likeness (QED) is 0.685. The number of carbonyl (C=O) groups excluding carboxylic acids is 2. The number of nitrogens with one attached hydrogen (secondary N) is 2. The van der Waals surface area contributed by atoms with Crippen molar-refractivity contribution < 1.29 is 18.0 Å². The normalized spacial score (nSPS) is 16.4. The molecule has 1 fully saturated rings. The van der Waals surface area contributed by atoms with Gasteiger partial charge in [-0.05, 0) is 24.3 Å². The van der Waals surface area contributed by atoms with Crippen molar-refractivity contribution >= 4 is 33.4 Å². The summed E-state index contributed by atoms with van der Waals surface area (Å²) in [5.74, 6) is -0.537. The Kier molecular flexibility index (Phi) is 6.77. The Balaban J connectivity index is 1.85. The van der Waals surface area contributed by atoms with E-state index in [2.05, 4.69) is 10.6 Å². The van der Waals surface area contributed by atoms with E-state index in [1.807, 2.05) is 4.90 Å². The van der Waals surface area contributed by atoms with Gasteiger partial charge in [0.15, 0.2) is 0 Å². The number of sulfonamides is 1. The minimum atomic E-state index is -3.56. The molecule has 0 radical (unpaired) electrons. The number of hydrogen-bond acceptors (Lipinski definition) is 5. The van der Waals surface area contributed by atoms with Crippen LogP contribution in [0.1, 0.15) is 0 Å². The summed E-state index contributed by atoms with van der Waals surface area (Å²) >= 11 is 5.79. The smallest absolute Gasteiger partial charge is 0.243 e. The molecular weight excluding hydrogens is 368 g/mol. The Morgan fingerprint density at radius 3 is 2.24 bits per heavy atom. The van der Waals surface area contributed by atoms with E-state index in [0.29, 0.717) is 31.2 Å². The molecular formula is C15H21ClN4O4S. The van der Waals surface area contributed by atoms with Crippen LogP contribution in [0.3, 0.4) is 0 Å². The van der Waals surface area contributed by atoms with E-state index in [4.69, 9.17) is 11.6 Å². The van der Waals surface area contributed by atoms with Crippen molar-refractivity contribution in [3.05, 3.63) is 29.3 Å². The van der Waals surface area contributed by atoms with Crippen molar-refractivity contribution in [2.24, 2.45) is 0 Å². The molecule has 1 aromatic rings. The van der Waals surface area contributed by atoms with Gasteiger partial charge in [-0.1, -0.05) is 11.6 Å². The van der Waals surface area contributed by atoms with Gasteiger partial charge in [-0.2, -0.15) is 4.31 Å². The molecule has 1 aromatic carbocycles. The van der Waals surface area contributed by atoms with E-state index < -0.39 is 10.0 Å². The van der Waals surface area contributed by atoms with Gasteiger partial charge in [0, 0.05) is 38.2 Å². The zero-order chi connectivity index (χ0) is 18.4. The molecule has 10 heteroatoms. The number of rotatable bonds is 6. The second kappa shape index (κ2) is 8.61. The molecule has 8 nitrogen and oxygen atoms in total. The van der Waals surface area contributed by atoms with Crippen molar-refractivity contribution in [1.29, 1.82) is 0 Å². The number of hydrogen-bond donors (Lipinski definition) is 2. The molecule has 0 unspecified atom stereocenters. The highest BCUT2D eigenvalue weighted by molar-refractivity contribution is 7.89. The third-order valence-electron chi connectivity index (χ3n) is 3.87. The maximum Gasteiger partial charge on any atom is 0.243 e. The Bertz CT molecular complexity index is 716. The van der Waals surface area contributed by atoms with Gasteiger partial charge in [0.25, 0.3) is 0 Å². The summed E-state index contributed by atoms with van der Waals surface area (Å²) in [6.07, 6.45) is 0. The van der Waals surface area contributed by atoms with E-state index in [9.17, 15) is 18.0 Å². The van der Waals surface area contributed by atoms with Crippen molar-refractivity contribution in [3.63, 3.8) is 0 Å². The van der Waals surface area contributed by atoms with Crippen LogP contribution >= 0.6 is 11.6 Å². The number of amides is 2. The molecule has 2 rings (SSSR count). The lowest BCUT2D eigenvalue weighted by molar-refractivity contribution is -0.126. The summed E-state index contributed by atoms with van der Waals surface area (Å²) < 4.78 is 26.6. The molecule has 138 valence electrons. The summed E-state index contributed by atoms with van der Waals surface area (Å²) in [6.45, 7) is 1.55. The standard InChI is InChI=1S/C15H21ClN4O4S/c1-17-14(21)10-18-15(22)11-19-6-8-20(9-7-19)25(23,24)13-4-2-12(16)3-5-13/h2-5H,6-11H2,1H3,(H,17,21)(H,18,22). The second-order valence-corrected chi connectivity index (χ2v) is 7.96. The topological polar surface area (TPSA) is 98.8 Å². The monoisotopic (exact) mass is 388 g/mol. The molecule has 0 spiro atoms. The zero-order valence-corrected chi connectivity index (χ0v) is 15.4. The third kappa shape index (κ3) is 5.40. The molecule has 1 aliphatic rings. The number of carbonyl (C=O) groups is 2. The predicted octanol–water partition coefficient (Wildman–Crippen LogP) is -0.491. The van der Waals surface area contributed by atoms with Gasteiger partial charge < -0.3 is 10.6 Å². The maximum atomic E-state index is 12.6. The highest BCUT2D eigenvalue weighted by Crippen LogP contribution is 2.19. The minimum absolute atomic E-state index is 0.0692. The van der Waals surface area contributed by atoms with Gasteiger partial charge in [-0.25, -0.2) is 8.42 Å². The number of likely N-dealkylation sites (N-methyl/N-ethyl adjacent to an activating group) is 1. The van der Waals surface area contributed by atoms with Crippen LogP contribution in [0.4, 0.5) is 0 Å². The Morgan fingerprint density at radius 2 is 1.68 bits per heavy atom. The number of nitrogens with zero attached hydrogens (tertiary/aromatic N) is 2. The molecule has 0 saturated carbocycles. The van der Waals surface area contributed by atoms with Gasteiger partial charge in [-0.15, -0.1) is 0 Å². The molecule has 0 bridgehead atoms. The fourth-order valence-electron chi connectivity index (χ4n) is 2.41. The summed E-state index contributed by atoms with van der Waals surface area (Å²) in [5, 5.41) is 5.41. The number of benzene rings is 1. The predicted molar refractivity (Wildman–Crippen MR) is 93.7 cm³/mol. The first-order valence-corrected chi connectivity index (χ1v) is 9.60. The van der Waals surface area contributed by atoms with E-state index in [-0.39, 0.29) is 29.8 Å². The third-order valence-corrected chi connectivity index (χ3v) is 6.04. The minimum Gasteiger partial charge on any atom is -0.358 e. The van der Waals surface area contributed by atoms with Gasteiger partial charge in [0.1, 0.15) is 0 Å². The highest BCUT2D eigenvalue weighted by atomic mass is 35.5. The summed E-state index contributed by atoms with van der Waals surface area (Å²) in [4.78, 5) is 24.9. The van der Waals surface area contributed by atoms with Crippen molar-refractivity contribution in [1.82, 2.24) is 19.8 Å². The van der Waals surface area contributed by atoms with Crippen LogP contribution in [0.5, 0.6) is 0 Å². The summed E-state index contributed by atoms with van der Waals surface area (Å²) in [7, 11) is -2.07. The summed E-state index contributed by atoms with van der Waals surface area (Å²) in [6, 6.07) is 6.05. The molecule has 25 heavy (non-hydrogen) atoms. The number of piperazine rings is 1. The van der Waals surface area contributed by atoms with Crippen LogP contribution < -0.4 is 10.6 Å². The van der Waals surface area contributed by atoms with Gasteiger partial charge in [0.05, 0.1) is 18.0 Å². The first kappa shape index (κ1) is 19.6. The molecule has 1 aliphatic heterocycles. The van der Waals surface area contributed by atoms with Crippen molar-refractivity contribution in [2.45, 2.75) is 4.90 Å². The number of halogens is 1. The van der Waals surface area contributed by atoms with Gasteiger partial charge >= 0.3 is 0 Å². The molecule has 1 heterocycles. The molecule has 1 saturated heterocycles. The maximum absolute atomic E-state index is 12.6. The second-order valence-electron chi connectivity index (χ2n) is 5.58. The molecule has 0 atom stereocenters. The largest absolute Gasteiger partial charge is 0.358 e. The molecule has 0 aromatic heterocycles. The molecule has 2 amide bonds. The Labute approximate surface area is 152 Å². The molecule has 0 aliphatic carbocycles. The summed E-state index contributed by atoms with van der Waals surface area (Å²) in [5.41, 5.74) is 0. The first-order valence-electron chi connectivity index (χ1n) is 7.78. The van der Waals surface area contributed by atoms with Crippen LogP contribution in [0.15, 0.2) is 29.2 Å². The first-order chi connectivity index (χ1) is 11.8. The van der Waals surface area contributed by atoms with E-state index in [0.717, 1.165) is 0 Å². The van der Waals surface area contributed by atoms with Crippen LogP contribution in [0, 0.1) is 0 Å². The van der Waals surface area contributed by atoms with Crippen LogP contribution in [0.25, 0.3) is 0 Å². The van der Waals surface area contributed by atoms with E-state index in [1.165, 1.54) is 23.5 Å². The lowest BCUT2D eigenvalue weighted by Crippen LogP contribution is -2.51. The lowest BCUT2D eigenvalue weighted by Gasteiger charge is -2.33. The van der Waals surface area contributed by atoms with Crippen molar-refractivity contribution in [3.8, 4) is 0 Å². The Hall–Kier alpha value is -1.68. The van der Waals surface area contributed by atoms with Crippen LogP contribution in [-0.4, -0.2) is 75.8 Å². The van der Waals surface area contributed by atoms with E-state index in [1.54, 1.807) is 12.1 Å². The average molecular weight is 389 g/mol. The van der Waals surface area contributed by atoms with Crippen LogP contribution in [-0.2, 0) is 19.6 Å². The Morgan fingerprint density at radius 1 is 1.08 bits per heavy atom. The highest BCUT2D eigenvalue weighted by Gasteiger charge is 2.29. The fourth-order valence-corrected chi connectivity index (χ4v) is 3.96. The van der Waals surface area contributed by atoms with E-state index >= 15 is 0 Å². The SMILES string of the molecule is CNC(=O)CNC(=O)CN1CCN(S(=O)(=O)c2ccc(Cl)cc2)CC1. The van der Waals surface area contributed by atoms with Gasteiger partial charge in [-0.3, -0.25) is 14.5 Å².